The Hall–Kier alpha value is -2.62. The van der Waals surface area contributed by atoms with Gasteiger partial charge in [0, 0.05) is 17.3 Å². The van der Waals surface area contributed by atoms with Gasteiger partial charge in [0.1, 0.15) is 0 Å². The Balaban J connectivity index is 1.46. The molecule has 25 heavy (non-hydrogen) atoms. The maximum Gasteiger partial charge on any atom is 0.251 e. The number of carbonyl (C=O) groups is 2. The number of carbonyl (C=O) groups excluding carboxylic acids is 2. The van der Waals surface area contributed by atoms with Crippen LogP contribution in [0.3, 0.4) is 0 Å². The second-order valence-corrected chi connectivity index (χ2v) is 7.08. The zero-order valence-corrected chi connectivity index (χ0v) is 14.1. The molecular weight excluding hydrogens is 312 g/mol. The smallest absolute Gasteiger partial charge is 0.251 e. The standard InChI is InChI=1S/C21H22N2O2/c24-19(22-17-11-12-17)15-7-9-18(10-8-15)23-20(25)21(13-4-14-21)16-5-2-1-3-6-16/h1-3,5-10,17H,4,11-14H2,(H,22,24)(H,23,25). The zero-order valence-electron chi connectivity index (χ0n) is 14.1. The van der Waals surface area contributed by atoms with E-state index in [9.17, 15) is 9.59 Å². The van der Waals surface area contributed by atoms with Gasteiger partial charge >= 0.3 is 0 Å². The van der Waals surface area contributed by atoms with Gasteiger partial charge < -0.3 is 10.6 Å². The molecule has 0 atom stereocenters. The number of rotatable bonds is 5. The predicted octanol–water partition coefficient (Wildman–Crippen LogP) is 3.64. The van der Waals surface area contributed by atoms with Crippen LogP contribution in [-0.2, 0) is 10.2 Å². The molecule has 0 aliphatic heterocycles. The van der Waals surface area contributed by atoms with E-state index in [1.54, 1.807) is 24.3 Å². The molecule has 4 nitrogen and oxygen atoms in total. The molecule has 0 spiro atoms. The van der Waals surface area contributed by atoms with Crippen LogP contribution >= 0.6 is 0 Å². The molecule has 2 aliphatic carbocycles. The predicted molar refractivity (Wildman–Crippen MR) is 97.5 cm³/mol. The molecular formula is C21H22N2O2. The van der Waals surface area contributed by atoms with Gasteiger partial charge in [-0.3, -0.25) is 9.59 Å². The molecule has 2 N–H and O–H groups in total. The lowest BCUT2D eigenvalue weighted by molar-refractivity contribution is -0.124. The lowest BCUT2D eigenvalue weighted by Gasteiger charge is -2.40. The number of amides is 2. The van der Waals surface area contributed by atoms with E-state index >= 15 is 0 Å². The quantitative estimate of drug-likeness (QED) is 0.877. The minimum Gasteiger partial charge on any atom is -0.349 e. The summed E-state index contributed by atoms with van der Waals surface area (Å²) in [4.78, 5) is 24.9. The van der Waals surface area contributed by atoms with Gasteiger partial charge in [0.15, 0.2) is 0 Å². The molecule has 0 saturated heterocycles. The van der Waals surface area contributed by atoms with Crippen LogP contribution < -0.4 is 10.6 Å². The zero-order chi connectivity index (χ0) is 17.3. The SMILES string of the molecule is O=C(NC1CC1)c1ccc(NC(=O)C2(c3ccccc3)CCC2)cc1. The van der Waals surface area contributed by atoms with Crippen LogP contribution in [-0.4, -0.2) is 17.9 Å². The van der Waals surface area contributed by atoms with Crippen LogP contribution in [0, 0.1) is 0 Å². The van der Waals surface area contributed by atoms with Gasteiger partial charge in [-0.25, -0.2) is 0 Å². The van der Waals surface area contributed by atoms with Crippen molar-refractivity contribution in [2.75, 3.05) is 5.32 Å². The fourth-order valence-electron chi connectivity index (χ4n) is 3.39. The Morgan fingerprint density at radius 2 is 1.60 bits per heavy atom. The minimum atomic E-state index is -0.413. The van der Waals surface area contributed by atoms with Gasteiger partial charge in [-0.2, -0.15) is 0 Å². The second-order valence-electron chi connectivity index (χ2n) is 7.08. The van der Waals surface area contributed by atoms with Gasteiger partial charge in [0.2, 0.25) is 5.91 Å². The van der Waals surface area contributed by atoms with Gasteiger partial charge in [-0.15, -0.1) is 0 Å². The topological polar surface area (TPSA) is 58.2 Å². The van der Waals surface area contributed by atoms with Crippen molar-refractivity contribution in [1.29, 1.82) is 0 Å². The third-order valence-corrected chi connectivity index (χ3v) is 5.29. The molecule has 4 rings (SSSR count). The van der Waals surface area contributed by atoms with Crippen molar-refractivity contribution >= 4 is 17.5 Å². The van der Waals surface area contributed by atoms with Crippen molar-refractivity contribution in [3.63, 3.8) is 0 Å². The van der Waals surface area contributed by atoms with Crippen molar-refractivity contribution < 1.29 is 9.59 Å². The Morgan fingerprint density at radius 1 is 0.920 bits per heavy atom. The molecule has 4 heteroatoms. The summed E-state index contributed by atoms with van der Waals surface area (Å²) in [6, 6.07) is 17.5. The van der Waals surface area contributed by atoms with Gasteiger partial charge in [0.05, 0.1) is 5.41 Å². The highest BCUT2D eigenvalue weighted by molar-refractivity contribution is 6.00. The third kappa shape index (κ3) is 3.16. The van der Waals surface area contributed by atoms with Crippen LogP contribution in [0.2, 0.25) is 0 Å². The second kappa shape index (κ2) is 6.36. The maximum absolute atomic E-state index is 12.9. The molecule has 0 unspecified atom stereocenters. The van der Waals surface area contributed by atoms with Gasteiger partial charge in [-0.05, 0) is 55.5 Å². The lowest BCUT2D eigenvalue weighted by atomic mass is 9.64. The van der Waals surface area contributed by atoms with E-state index in [0.29, 0.717) is 11.6 Å². The fraction of sp³-hybridized carbons (Fsp3) is 0.333. The van der Waals surface area contributed by atoms with Crippen LogP contribution in [0.5, 0.6) is 0 Å². The highest BCUT2D eigenvalue weighted by Crippen LogP contribution is 2.44. The minimum absolute atomic E-state index is 0.0416. The molecule has 128 valence electrons. The summed E-state index contributed by atoms with van der Waals surface area (Å²) < 4.78 is 0. The first kappa shape index (κ1) is 15.9. The number of nitrogens with one attached hydrogen (secondary N) is 2. The first-order valence-corrected chi connectivity index (χ1v) is 8.95. The first-order valence-electron chi connectivity index (χ1n) is 8.95. The van der Waals surface area contributed by atoms with E-state index < -0.39 is 5.41 Å². The van der Waals surface area contributed by atoms with Crippen molar-refractivity contribution in [3.05, 3.63) is 65.7 Å². The Morgan fingerprint density at radius 3 is 2.16 bits per heavy atom. The van der Waals surface area contributed by atoms with Gasteiger partial charge in [-0.1, -0.05) is 36.8 Å². The summed E-state index contributed by atoms with van der Waals surface area (Å²) in [7, 11) is 0. The molecule has 2 aromatic rings. The van der Waals surface area contributed by atoms with E-state index in [2.05, 4.69) is 10.6 Å². The molecule has 0 bridgehead atoms. The summed E-state index contributed by atoms with van der Waals surface area (Å²) in [6.07, 6.45) is 4.97. The van der Waals surface area contributed by atoms with Crippen molar-refractivity contribution in [1.82, 2.24) is 5.32 Å². The van der Waals surface area contributed by atoms with E-state index in [1.807, 2.05) is 30.3 Å². The molecule has 2 fully saturated rings. The Bertz CT molecular complexity index is 775. The third-order valence-electron chi connectivity index (χ3n) is 5.29. The summed E-state index contributed by atoms with van der Waals surface area (Å²) in [6.45, 7) is 0. The normalized spacial score (nSPS) is 18.1. The molecule has 2 amide bonds. The van der Waals surface area contributed by atoms with Crippen LogP contribution in [0.1, 0.15) is 48.0 Å². The van der Waals surface area contributed by atoms with Gasteiger partial charge in [0.25, 0.3) is 5.91 Å². The van der Waals surface area contributed by atoms with Crippen LogP contribution in [0.15, 0.2) is 54.6 Å². The number of benzene rings is 2. The highest BCUT2D eigenvalue weighted by Gasteiger charge is 2.45. The fourth-order valence-corrected chi connectivity index (χ4v) is 3.39. The van der Waals surface area contributed by atoms with E-state index in [0.717, 1.165) is 43.4 Å². The number of hydrogen-bond acceptors (Lipinski definition) is 2. The summed E-state index contributed by atoms with van der Waals surface area (Å²) in [5.41, 5.74) is 2.03. The average molecular weight is 334 g/mol. The summed E-state index contributed by atoms with van der Waals surface area (Å²) >= 11 is 0. The Kier molecular flexibility index (Phi) is 4.04. The summed E-state index contributed by atoms with van der Waals surface area (Å²) in [5, 5.41) is 6.00. The van der Waals surface area contributed by atoms with Crippen LogP contribution in [0.4, 0.5) is 5.69 Å². The van der Waals surface area contributed by atoms with E-state index in [1.165, 1.54) is 0 Å². The monoisotopic (exact) mass is 334 g/mol. The molecule has 0 aromatic heterocycles. The van der Waals surface area contributed by atoms with Crippen molar-refractivity contribution in [3.8, 4) is 0 Å². The molecule has 2 aliphatic rings. The molecule has 2 saturated carbocycles. The first-order chi connectivity index (χ1) is 12.2. The van der Waals surface area contributed by atoms with Crippen LogP contribution in [0.25, 0.3) is 0 Å². The number of hydrogen-bond donors (Lipinski definition) is 2. The molecule has 2 aromatic carbocycles. The average Bonchev–Trinajstić information content (AvgIpc) is 3.39. The summed E-state index contributed by atoms with van der Waals surface area (Å²) in [5.74, 6) is 0.000238. The lowest BCUT2D eigenvalue weighted by Crippen LogP contribution is -2.45. The van der Waals surface area contributed by atoms with E-state index in [4.69, 9.17) is 0 Å². The molecule has 0 heterocycles. The Labute approximate surface area is 147 Å². The van der Waals surface area contributed by atoms with Crippen molar-refractivity contribution in [2.24, 2.45) is 0 Å². The maximum atomic E-state index is 12.9. The molecule has 0 radical (unpaired) electrons. The highest BCUT2D eigenvalue weighted by atomic mass is 16.2. The largest absolute Gasteiger partial charge is 0.349 e. The number of anilines is 1. The van der Waals surface area contributed by atoms with Crippen molar-refractivity contribution in [2.45, 2.75) is 43.6 Å². The van der Waals surface area contributed by atoms with E-state index in [-0.39, 0.29) is 11.8 Å².